The van der Waals surface area contributed by atoms with Crippen molar-refractivity contribution in [1.29, 1.82) is 0 Å². The molecule has 0 fully saturated rings. The summed E-state index contributed by atoms with van der Waals surface area (Å²) < 4.78 is 6.10. The predicted octanol–water partition coefficient (Wildman–Crippen LogP) is 2.74. The number of aryl methyl sites for hydroxylation is 4. The number of primary amides is 1. The lowest BCUT2D eigenvalue weighted by atomic mass is 10.0. The lowest BCUT2D eigenvalue weighted by Gasteiger charge is -2.12. The van der Waals surface area contributed by atoms with Crippen LogP contribution in [0.3, 0.4) is 0 Å². The number of aromatic nitrogens is 4. The van der Waals surface area contributed by atoms with E-state index >= 15 is 0 Å². The summed E-state index contributed by atoms with van der Waals surface area (Å²) in [5.41, 5.74) is 8.67. The fourth-order valence-corrected chi connectivity index (χ4v) is 3.94. The van der Waals surface area contributed by atoms with Crippen LogP contribution in [0.15, 0.2) is 47.7 Å². The van der Waals surface area contributed by atoms with Crippen LogP contribution in [0.5, 0.6) is 0 Å². The number of nitrogens with two attached hydrogens (primary N) is 1. The van der Waals surface area contributed by atoms with Gasteiger partial charge in [0.15, 0.2) is 0 Å². The van der Waals surface area contributed by atoms with E-state index in [1.165, 1.54) is 17.7 Å². The van der Waals surface area contributed by atoms with Gasteiger partial charge in [-0.15, -0.1) is 0 Å². The number of pyridine rings is 1. The Bertz CT molecular complexity index is 1270. The van der Waals surface area contributed by atoms with Crippen molar-refractivity contribution in [2.75, 3.05) is 0 Å². The average Bonchev–Trinajstić information content (AvgIpc) is 3.14. The van der Waals surface area contributed by atoms with Crippen molar-refractivity contribution >= 4 is 28.3 Å². The molecule has 7 nitrogen and oxygen atoms in total. The Morgan fingerprint density at radius 1 is 1.10 bits per heavy atom. The highest BCUT2D eigenvalue weighted by molar-refractivity contribution is 7.08. The summed E-state index contributed by atoms with van der Waals surface area (Å²) >= 11 is 1.30. The van der Waals surface area contributed by atoms with Gasteiger partial charge in [0, 0.05) is 24.0 Å². The maximum atomic E-state index is 12.9. The molecule has 8 heteroatoms. The fourth-order valence-electron chi connectivity index (χ4n) is 3.19. The Kier molecular flexibility index (Phi) is 4.94. The fraction of sp³-hybridized carbons (Fsp3) is 0.190. The van der Waals surface area contributed by atoms with Gasteiger partial charge in [0.2, 0.25) is 5.43 Å². The van der Waals surface area contributed by atoms with Crippen LogP contribution >= 0.6 is 11.5 Å². The molecule has 3 aromatic heterocycles. The molecule has 0 unspecified atom stereocenters. The summed E-state index contributed by atoms with van der Waals surface area (Å²) in [7, 11) is 0. The first kappa shape index (κ1) is 18.9. The van der Waals surface area contributed by atoms with Crippen molar-refractivity contribution in [3.8, 4) is 5.00 Å². The minimum Gasteiger partial charge on any atom is -0.365 e. The topological polar surface area (TPSA) is 104 Å². The molecule has 0 aliphatic carbocycles. The number of fused-ring (bicyclic) bond motifs is 1. The van der Waals surface area contributed by atoms with E-state index in [-0.39, 0.29) is 11.0 Å². The van der Waals surface area contributed by atoms with E-state index in [0.717, 1.165) is 40.5 Å². The van der Waals surface area contributed by atoms with Crippen molar-refractivity contribution in [3.05, 3.63) is 81.3 Å². The Labute approximate surface area is 171 Å². The number of carbonyl (C=O) groups is 1. The largest absolute Gasteiger partial charge is 0.365 e. The minimum absolute atomic E-state index is 0.0346. The van der Waals surface area contributed by atoms with E-state index in [0.29, 0.717) is 10.9 Å². The molecule has 2 N–H and O–H groups in total. The van der Waals surface area contributed by atoms with E-state index in [1.807, 2.05) is 50.5 Å². The third-order valence-corrected chi connectivity index (χ3v) is 5.60. The van der Waals surface area contributed by atoms with Crippen molar-refractivity contribution < 1.29 is 4.79 Å². The normalized spacial score (nSPS) is 11.1. The summed E-state index contributed by atoms with van der Waals surface area (Å²) in [6, 6.07) is 7.64. The Hall–Kier alpha value is -3.39. The molecule has 0 aliphatic heterocycles. The quantitative estimate of drug-likeness (QED) is 0.550. The zero-order chi connectivity index (χ0) is 20.5. The Morgan fingerprint density at radius 3 is 2.48 bits per heavy atom. The summed E-state index contributed by atoms with van der Waals surface area (Å²) in [5, 5.41) is 1.28. The summed E-state index contributed by atoms with van der Waals surface area (Å²) in [4.78, 5) is 33.2. The van der Waals surface area contributed by atoms with Crippen LogP contribution in [0, 0.1) is 13.8 Å². The van der Waals surface area contributed by atoms with Crippen molar-refractivity contribution in [3.63, 3.8) is 0 Å². The molecule has 146 valence electrons. The SMILES string of the molecule is Cc1cc(-n2cc(C(N)=O)c(=O)c3cc(CCc4cnc(C)nc4)ccc32)sn1. The van der Waals surface area contributed by atoms with Crippen molar-refractivity contribution in [2.45, 2.75) is 26.7 Å². The van der Waals surface area contributed by atoms with Crippen LogP contribution in [-0.4, -0.2) is 24.8 Å². The molecule has 0 aliphatic rings. The van der Waals surface area contributed by atoms with Crippen molar-refractivity contribution in [2.24, 2.45) is 5.73 Å². The van der Waals surface area contributed by atoms with Gasteiger partial charge in [-0.1, -0.05) is 6.07 Å². The van der Waals surface area contributed by atoms with E-state index in [1.54, 1.807) is 4.57 Å². The van der Waals surface area contributed by atoms with Gasteiger partial charge in [-0.3, -0.25) is 9.59 Å². The zero-order valence-corrected chi connectivity index (χ0v) is 16.9. The van der Waals surface area contributed by atoms with Crippen molar-refractivity contribution in [1.82, 2.24) is 18.9 Å². The highest BCUT2D eigenvalue weighted by Gasteiger charge is 2.15. The molecule has 1 aromatic carbocycles. The molecule has 0 spiro atoms. The molecule has 0 atom stereocenters. The maximum absolute atomic E-state index is 12.9. The number of amides is 1. The Morgan fingerprint density at radius 2 is 1.83 bits per heavy atom. The first-order valence-electron chi connectivity index (χ1n) is 9.11. The standard InChI is InChI=1S/C21H19N5O2S/c1-12-7-19(29-25-12)26-11-17(21(22)28)20(27)16-8-14(5-6-18(16)26)3-4-15-9-23-13(2)24-10-15/h5-11H,3-4H2,1-2H3,(H2,22,28). The molecule has 4 rings (SSSR count). The second kappa shape index (κ2) is 7.56. The van der Waals surface area contributed by atoms with Crippen LogP contribution in [0.1, 0.15) is 33.0 Å². The molecule has 0 bridgehead atoms. The van der Waals surface area contributed by atoms with Gasteiger partial charge in [0.1, 0.15) is 16.4 Å². The highest BCUT2D eigenvalue weighted by Crippen LogP contribution is 2.23. The first-order valence-corrected chi connectivity index (χ1v) is 9.89. The van der Waals surface area contributed by atoms with E-state index in [9.17, 15) is 9.59 Å². The number of carbonyl (C=O) groups excluding carboxylic acids is 1. The highest BCUT2D eigenvalue weighted by atomic mass is 32.1. The minimum atomic E-state index is -0.742. The van der Waals surface area contributed by atoms with E-state index in [4.69, 9.17) is 5.73 Å². The average molecular weight is 405 g/mol. The van der Waals surface area contributed by atoms with Crippen LogP contribution in [-0.2, 0) is 12.8 Å². The van der Waals surface area contributed by atoms with Gasteiger partial charge in [0.05, 0.1) is 11.2 Å². The second-order valence-corrected chi connectivity index (χ2v) is 7.69. The van der Waals surface area contributed by atoms with Gasteiger partial charge in [0.25, 0.3) is 5.91 Å². The molecular formula is C21H19N5O2S. The van der Waals surface area contributed by atoms with Crippen LogP contribution < -0.4 is 11.2 Å². The van der Waals surface area contributed by atoms with Crippen LogP contribution in [0.4, 0.5) is 0 Å². The number of nitrogens with zero attached hydrogens (tertiary/aromatic N) is 4. The number of hydrogen-bond acceptors (Lipinski definition) is 6. The van der Waals surface area contributed by atoms with E-state index in [2.05, 4.69) is 14.3 Å². The maximum Gasteiger partial charge on any atom is 0.254 e. The third kappa shape index (κ3) is 3.79. The molecule has 0 radical (unpaired) electrons. The third-order valence-electron chi connectivity index (χ3n) is 4.72. The number of hydrogen-bond donors (Lipinski definition) is 1. The number of rotatable bonds is 5. The van der Waals surface area contributed by atoms with Gasteiger partial charge >= 0.3 is 0 Å². The summed E-state index contributed by atoms with van der Waals surface area (Å²) in [6.07, 6.45) is 6.61. The predicted molar refractivity (Wildman–Crippen MR) is 113 cm³/mol. The lowest BCUT2D eigenvalue weighted by Crippen LogP contribution is -2.23. The summed E-state index contributed by atoms with van der Waals surface area (Å²) in [6.45, 7) is 3.74. The lowest BCUT2D eigenvalue weighted by molar-refractivity contribution is 0.0999. The smallest absolute Gasteiger partial charge is 0.254 e. The zero-order valence-electron chi connectivity index (χ0n) is 16.0. The molecule has 0 saturated heterocycles. The van der Waals surface area contributed by atoms with E-state index < -0.39 is 5.91 Å². The molecule has 4 aromatic rings. The molecular weight excluding hydrogens is 386 g/mol. The molecule has 1 amide bonds. The van der Waals surface area contributed by atoms with Gasteiger partial charge in [-0.25, -0.2) is 9.97 Å². The molecule has 29 heavy (non-hydrogen) atoms. The van der Waals surface area contributed by atoms with Crippen LogP contribution in [0.2, 0.25) is 0 Å². The van der Waals surface area contributed by atoms with Gasteiger partial charge in [-0.2, -0.15) is 4.37 Å². The Balaban J connectivity index is 1.78. The summed E-state index contributed by atoms with van der Waals surface area (Å²) in [5.74, 6) is -0.00798. The monoisotopic (exact) mass is 405 g/mol. The van der Waals surface area contributed by atoms with Gasteiger partial charge in [-0.05, 0) is 67.5 Å². The first-order chi connectivity index (χ1) is 13.9. The second-order valence-electron chi connectivity index (χ2n) is 6.90. The molecule has 0 saturated carbocycles. The molecule has 3 heterocycles. The van der Waals surface area contributed by atoms with Gasteiger partial charge < -0.3 is 10.3 Å². The number of benzene rings is 1. The van der Waals surface area contributed by atoms with Crippen LogP contribution in [0.25, 0.3) is 15.9 Å².